The monoisotopic (exact) mass is 395 g/mol. The van der Waals surface area contributed by atoms with Crippen LogP contribution in [-0.2, 0) is 6.61 Å². The molecule has 0 bridgehead atoms. The molecule has 28 heavy (non-hydrogen) atoms. The van der Waals surface area contributed by atoms with Crippen molar-refractivity contribution in [2.24, 2.45) is 0 Å². The van der Waals surface area contributed by atoms with Crippen molar-refractivity contribution in [1.82, 2.24) is 10.3 Å². The van der Waals surface area contributed by atoms with Crippen LogP contribution in [0.4, 0.5) is 5.69 Å². The van der Waals surface area contributed by atoms with Crippen molar-refractivity contribution in [2.75, 3.05) is 12.4 Å². The Labute approximate surface area is 167 Å². The molecule has 0 unspecified atom stereocenters. The lowest BCUT2D eigenvalue weighted by atomic mass is 10.2. The summed E-state index contributed by atoms with van der Waals surface area (Å²) in [6, 6.07) is 14.5. The average molecular weight is 395 g/mol. The first-order valence-corrected chi connectivity index (χ1v) is 9.57. The minimum absolute atomic E-state index is 0.172. The molecule has 6 nitrogen and oxygen atoms in total. The number of nitrogens with one attached hydrogen (secondary N) is 2. The summed E-state index contributed by atoms with van der Waals surface area (Å²) in [5.41, 5.74) is 2.97. The van der Waals surface area contributed by atoms with Crippen molar-refractivity contribution in [3.8, 4) is 5.75 Å². The molecule has 2 aromatic carbocycles. The number of carbonyl (C=O) groups excluding carboxylic acids is 2. The van der Waals surface area contributed by atoms with E-state index < -0.39 is 0 Å². The molecule has 3 rings (SSSR count). The smallest absolute Gasteiger partial charge is 0.267 e. The largest absolute Gasteiger partial charge is 0.486 e. The van der Waals surface area contributed by atoms with Gasteiger partial charge in [0.05, 0.1) is 5.69 Å². The van der Waals surface area contributed by atoms with Crippen LogP contribution >= 0.6 is 11.3 Å². The van der Waals surface area contributed by atoms with Gasteiger partial charge in [0.1, 0.15) is 22.2 Å². The molecule has 0 spiro atoms. The van der Waals surface area contributed by atoms with Crippen molar-refractivity contribution in [3.05, 3.63) is 75.2 Å². The van der Waals surface area contributed by atoms with Crippen molar-refractivity contribution >= 4 is 28.8 Å². The number of aromatic nitrogens is 1. The van der Waals surface area contributed by atoms with E-state index in [0.29, 0.717) is 28.4 Å². The third-order valence-corrected chi connectivity index (χ3v) is 5.19. The van der Waals surface area contributed by atoms with Gasteiger partial charge in [-0.15, -0.1) is 11.3 Å². The minimum Gasteiger partial charge on any atom is -0.486 e. The normalized spacial score (nSPS) is 10.4. The molecule has 0 fully saturated rings. The third kappa shape index (κ3) is 4.75. The van der Waals surface area contributed by atoms with Crippen LogP contribution in [0.15, 0.2) is 48.5 Å². The van der Waals surface area contributed by atoms with Crippen LogP contribution in [0.3, 0.4) is 0 Å². The highest BCUT2D eigenvalue weighted by molar-refractivity contribution is 7.13. The van der Waals surface area contributed by atoms with Crippen LogP contribution in [0, 0.1) is 13.8 Å². The predicted molar refractivity (Wildman–Crippen MR) is 110 cm³/mol. The molecule has 2 amide bonds. The van der Waals surface area contributed by atoms with E-state index in [0.717, 1.165) is 10.8 Å². The number of thiazole rings is 1. The zero-order chi connectivity index (χ0) is 20.1. The minimum atomic E-state index is -0.232. The van der Waals surface area contributed by atoms with Gasteiger partial charge < -0.3 is 15.4 Å². The summed E-state index contributed by atoms with van der Waals surface area (Å²) in [6.45, 7) is 4.13. The van der Waals surface area contributed by atoms with Crippen molar-refractivity contribution in [1.29, 1.82) is 0 Å². The first kappa shape index (κ1) is 19.6. The van der Waals surface area contributed by atoms with E-state index in [4.69, 9.17) is 4.74 Å². The number of hydrogen-bond acceptors (Lipinski definition) is 5. The van der Waals surface area contributed by atoms with E-state index in [1.165, 1.54) is 16.9 Å². The third-order valence-electron chi connectivity index (χ3n) is 4.06. The van der Waals surface area contributed by atoms with Gasteiger partial charge in [-0.25, -0.2) is 4.98 Å². The van der Waals surface area contributed by atoms with Gasteiger partial charge in [-0.2, -0.15) is 0 Å². The Hall–Kier alpha value is -3.19. The number of aryl methyl sites for hydroxylation is 2. The van der Waals surface area contributed by atoms with Gasteiger partial charge in [0.15, 0.2) is 0 Å². The summed E-state index contributed by atoms with van der Waals surface area (Å²) in [7, 11) is 1.57. The highest BCUT2D eigenvalue weighted by Gasteiger charge is 2.16. The van der Waals surface area contributed by atoms with E-state index in [1.54, 1.807) is 38.2 Å². The molecule has 144 valence electrons. The Morgan fingerprint density at radius 2 is 1.68 bits per heavy atom. The van der Waals surface area contributed by atoms with Gasteiger partial charge in [-0.3, -0.25) is 9.59 Å². The number of hydrogen-bond donors (Lipinski definition) is 2. The molecule has 0 saturated heterocycles. The lowest BCUT2D eigenvalue weighted by Gasteiger charge is -2.05. The molecule has 1 heterocycles. The number of amides is 2. The fourth-order valence-electron chi connectivity index (χ4n) is 2.54. The van der Waals surface area contributed by atoms with E-state index in [-0.39, 0.29) is 11.8 Å². The molecule has 0 aliphatic heterocycles. The topological polar surface area (TPSA) is 80.3 Å². The van der Waals surface area contributed by atoms with E-state index in [2.05, 4.69) is 15.6 Å². The van der Waals surface area contributed by atoms with Crippen molar-refractivity contribution in [3.63, 3.8) is 0 Å². The van der Waals surface area contributed by atoms with Crippen LogP contribution in [0.2, 0.25) is 0 Å². The SMILES string of the molecule is CNC(=O)c1ccc(NC(=O)c2sc(COc3ccc(C)cc3)nc2C)cc1. The summed E-state index contributed by atoms with van der Waals surface area (Å²) >= 11 is 1.31. The van der Waals surface area contributed by atoms with Crippen LogP contribution < -0.4 is 15.4 Å². The fraction of sp³-hybridized carbons (Fsp3) is 0.190. The number of carbonyl (C=O) groups is 2. The van der Waals surface area contributed by atoms with Crippen LogP contribution in [0.5, 0.6) is 5.75 Å². The maximum atomic E-state index is 12.6. The van der Waals surface area contributed by atoms with Crippen LogP contribution in [0.25, 0.3) is 0 Å². The Bertz CT molecular complexity index is 979. The standard InChI is InChI=1S/C21H21N3O3S/c1-13-4-10-17(11-5-13)27-12-18-23-14(2)19(28-18)21(26)24-16-8-6-15(7-9-16)20(25)22-3/h4-11H,12H2,1-3H3,(H,22,25)(H,24,26). The first-order valence-electron chi connectivity index (χ1n) is 8.75. The van der Waals surface area contributed by atoms with Gasteiger partial charge in [-0.05, 0) is 50.2 Å². The lowest BCUT2D eigenvalue weighted by molar-refractivity contribution is 0.0962. The highest BCUT2D eigenvalue weighted by Crippen LogP contribution is 2.22. The Morgan fingerprint density at radius 3 is 2.32 bits per heavy atom. The second kappa shape index (κ2) is 8.67. The fourth-order valence-corrected chi connectivity index (χ4v) is 3.41. The van der Waals surface area contributed by atoms with E-state index in [9.17, 15) is 9.59 Å². The summed E-state index contributed by atoms with van der Waals surface area (Å²) in [6.07, 6.45) is 0. The van der Waals surface area contributed by atoms with Gasteiger partial charge in [0.2, 0.25) is 0 Å². The van der Waals surface area contributed by atoms with Crippen molar-refractivity contribution < 1.29 is 14.3 Å². The molecule has 0 atom stereocenters. The second-order valence-corrected chi connectivity index (χ2v) is 7.32. The Balaban J connectivity index is 1.64. The Morgan fingerprint density at radius 1 is 1.00 bits per heavy atom. The molecular weight excluding hydrogens is 374 g/mol. The zero-order valence-electron chi connectivity index (χ0n) is 15.9. The first-order chi connectivity index (χ1) is 13.5. The molecule has 3 aromatic rings. The number of anilines is 1. The van der Waals surface area contributed by atoms with Gasteiger partial charge in [0, 0.05) is 18.3 Å². The molecule has 0 radical (unpaired) electrons. The number of benzene rings is 2. The van der Waals surface area contributed by atoms with Gasteiger partial charge >= 0.3 is 0 Å². The summed E-state index contributed by atoms with van der Waals surface area (Å²) < 4.78 is 5.74. The maximum absolute atomic E-state index is 12.6. The predicted octanol–water partition coefficient (Wildman–Crippen LogP) is 3.95. The Kier molecular flexibility index (Phi) is 6.06. The number of ether oxygens (including phenoxy) is 1. The summed E-state index contributed by atoms with van der Waals surface area (Å²) in [5, 5.41) is 6.13. The van der Waals surface area contributed by atoms with Gasteiger partial charge in [-0.1, -0.05) is 17.7 Å². The summed E-state index contributed by atoms with van der Waals surface area (Å²) in [4.78, 5) is 29.1. The van der Waals surface area contributed by atoms with Crippen molar-refractivity contribution in [2.45, 2.75) is 20.5 Å². The molecule has 7 heteroatoms. The van der Waals surface area contributed by atoms with Crippen LogP contribution in [0.1, 0.15) is 36.3 Å². The molecule has 1 aromatic heterocycles. The van der Waals surface area contributed by atoms with E-state index in [1.807, 2.05) is 31.2 Å². The summed E-state index contributed by atoms with van der Waals surface area (Å²) in [5.74, 6) is 0.360. The average Bonchev–Trinajstić information content (AvgIpc) is 3.08. The highest BCUT2D eigenvalue weighted by atomic mass is 32.1. The molecular formula is C21H21N3O3S. The number of rotatable bonds is 6. The number of nitrogens with zero attached hydrogens (tertiary/aromatic N) is 1. The second-order valence-electron chi connectivity index (χ2n) is 6.23. The lowest BCUT2D eigenvalue weighted by Crippen LogP contribution is -2.17. The maximum Gasteiger partial charge on any atom is 0.267 e. The zero-order valence-corrected chi connectivity index (χ0v) is 16.7. The van der Waals surface area contributed by atoms with E-state index >= 15 is 0 Å². The molecule has 0 saturated carbocycles. The van der Waals surface area contributed by atoms with Crippen LogP contribution in [-0.4, -0.2) is 23.8 Å². The molecule has 0 aliphatic carbocycles. The quantitative estimate of drug-likeness (QED) is 0.662. The molecule has 0 aliphatic rings. The van der Waals surface area contributed by atoms with Gasteiger partial charge in [0.25, 0.3) is 11.8 Å². The molecule has 2 N–H and O–H groups in total.